The summed E-state index contributed by atoms with van der Waals surface area (Å²) >= 11 is 18.9. The number of ketones is 3. The molecule has 0 saturated carbocycles. The molecule has 8 aromatic carbocycles. The van der Waals surface area contributed by atoms with Gasteiger partial charge in [-0.05, 0) is 205 Å². The summed E-state index contributed by atoms with van der Waals surface area (Å²) < 4.78 is 67.3. The molecule has 1 aromatic heterocycles. The number of rotatable bonds is 13. The molecule has 0 radical (unpaired) electrons. The highest BCUT2D eigenvalue weighted by molar-refractivity contribution is 8.24. The fourth-order valence-electron chi connectivity index (χ4n) is 7.44. The van der Waals surface area contributed by atoms with Crippen LogP contribution in [0.2, 0.25) is 0 Å². The van der Waals surface area contributed by atoms with Crippen LogP contribution in [0.3, 0.4) is 0 Å². The monoisotopic (exact) mass is 1470 g/mol. The van der Waals surface area contributed by atoms with Gasteiger partial charge >= 0.3 is 5.20 Å². The van der Waals surface area contributed by atoms with E-state index in [9.17, 15) is 46.1 Å². The van der Waals surface area contributed by atoms with E-state index in [1.807, 2.05) is 52.0 Å². The molecule has 14 nitrogen and oxygen atoms in total. The molecule has 9 aromatic rings. The summed E-state index contributed by atoms with van der Waals surface area (Å²) in [6.45, 7) is 13.1. The summed E-state index contributed by atoms with van der Waals surface area (Å²) in [5.41, 5.74) is 13.5. The van der Waals surface area contributed by atoms with Crippen molar-refractivity contribution in [1.82, 2.24) is 15.5 Å². The lowest BCUT2D eigenvalue weighted by Gasteiger charge is -2.09. The van der Waals surface area contributed by atoms with Crippen LogP contribution >= 0.6 is 50.5 Å². The van der Waals surface area contributed by atoms with E-state index in [4.69, 9.17) is 21.8 Å². The van der Waals surface area contributed by atoms with Gasteiger partial charge in [0.25, 0.3) is 0 Å². The van der Waals surface area contributed by atoms with E-state index in [1.165, 1.54) is 55.5 Å². The van der Waals surface area contributed by atoms with Gasteiger partial charge in [-0.25, -0.2) is 17.6 Å². The standard InChI is InChI=1S/C21H20FNO2.C20H17FN2O.C16H12FNO.C16H11FO.C5H9ClO.Cl3OP.H4N2.H2O/c1-3-15(2)21(25)23-14-20(24)18-11-9-16(10-12-18)7-8-17-5-4-6-19(22)13-17;1-3-14(2)19-22-23-20(24-19)17-11-9-15(10-12-17)7-8-16-5-4-6-18(21)13-16;17-15-3-1-2-13(10-15)5-4-12-6-8-14(9-7-12)16(19)11-18;1-12(18)15-9-7-13(8-10-15)5-6-14-3-2-4-16(17)11-14;1-3-4(2)5(6)7;1-5(2,3)4;1-2;/h4-6,9-13,15H,3,14H2,1-2H3,(H,23,25);4-6,9-14H,3H2,1-2H3;1-3,6-10H,11,18H2;2-4,7-11H,1H3;4H,3H2,1-2H3;;1-2H2;1H2. The number of hydrazine groups is 1. The molecule has 0 saturated heterocycles. The smallest absolute Gasteiger partial charge is 0.339 e. The Hall–Kier alpha value is -9.76. The number of amides is 1. The van der Waals surface area contributed by atoms with E-state index in [0.29, 0.717) is 50.7 Å². The fraction of sp³-hybridized carbons (Fsp3) is 0.192. The molecular formula is C78H75Cl4F4N6O8P. The van der Waals surface area contributed by atoms with Crippen molar-refractivity contribution in [3.63, 3.8) is 0 Å². The van der Waals surface area contributed by atoms with Crippen molar-refractivity contribution in [2.45, 2.75) is 73.6 Å². The fourth-order valence-corrected chi connectivity index (χ4v) is 7.59. The minimum Gasteiger partial charge on any atom is -0.420 e. The van der Waals surface area contributed by atoms with Gasteiger partial charge in [0.05, 0.1) is 13.1 Å². The number of benzene rings is 8. The minimum absolute atomic E-state index is 0. The summed E-state index contributed by atoms with van der Waals surface area (Å²) in [5, 5.41) is 7.37. The molecule has 101 heavy (non-hydrogen) atoms. The van der Waals surface area contributed by atoms with Crippen LogP contribution in [0.15, 0.2) is 199 Å². The van der Waals surface area contributed by atoms with Crippen molar-refractivity contribution in [2.24, 2.45) is 29.3 Å². The molecule has 0 fully saturated rings. The van der Waals surface area contributed by atoms with Gasteiger partial charge in [0.2, 0.25) is 22.9 Å². The van der Waals surface area contributed by atoms with Gasteiger partial charge in [-0.3, -0.25) is 40.2 Å². The second-order valence-electron chi connectivity index (χ2n) is 21.3. The number of aromatic nitrogens is 2. The number of nitrogens with two attached hydrogens (primary N) is 3. The molecule has 9 N–H and O–H groups in total. The topological polar surface area (TPSA) is 263 Å². The third kappa shape index (κ3) is 35.7. The first-order valence-corrected chi connectivity index (χ1v) is 35.6. The third-order valence-corrected chi connectivity index (χ3v) is 14.1. The summed E-state index contributed by atoms with van der Waals surface area (Å²) in [5.74, 6) is 31.1. The third-order valence-electron chi connectivity index (χ3n) is 13.7. The number of nitrogens with one attached hydrogen (secondary N) is 1. The van der Waals surface area contributed by atoms with Gasteiger partial charge in [0, 0.05) is 84.5 Å². The Morgan fingerprint density at radius 3 is 1.09 bits per heavy atom. The van der Waals surface area contributed by atoms with Crippen LogP contribution in [0.1, 0.15) is 155 Å². The van der Waals surface area contributed by atoms with Crippen molar-refractivity contribution < 1.29 is 56.0 Å². The highest BCUT2D eigenvalue weighted by Gasteiger charge is 2.15. The summed E-state index contributed by atoms with van der Waals surface area (Å²) in [6.07, 6.45) is 2.53. The molecule has 0 bridgehead atoms. The number of hydrogen-bond acceptors (Lipinski definition) is 12. The zero-order valence-corrected chi connectivity index (χ0v) is 60.1. The average molecular weight is 1470 g/mol. The molecule has 0 aliphatic rings. The Morgan fingerprint density at radius 1 is 0.485 bits per heavy atom. The lowest BCUT2D eigenvalue weighted by molar-refractivity contribution is -0.124. The normalized spacial score (nSPS) is 10.6. The molecule has 0 spiro atoms. The predicted octanol–water partition coefficient (Wildman–Crippen LogP) is 16.8. The van der Waals surface area contributed by atoms with Crippen LogP contribution in [0.5, 0.6) is 0 Å². The van der Waals surface area contributed by atoms with Crippen LogP contribution < -0.4 is 22.7 Å². The highest BCUT2D eigenvalue weighted by Crippen LogP contribution is 2.61. The van der Waals surface area contributed by atoms with E-state index in [-0.39, 0.29) is 88.1 Å². The van der Waals surface area contributed by atoms with E-state index in [1.54, 1.807) is 121 Å². The maximum atomic E-state index is 13.1. The second kappa shape index (κ2) is 47.3. The first-order valence-electron chi connectivity index (χ1n) is 30.8. The minimum atomic E-state index is -3.22. The van der Waals surface area contributed by atoms with Crippen LogP contribution in [0.4, 0.5) is 17.6 Å². The Kier molecular flexibility index (Phi) is 40.9. The molecular weight excluding hydrogens is 1400 g/mol. The maximum absolute atomic E-state index is 13.1. The molecule has 23 heteroatoms. The SMILES string of the molecule is CC(=O)c1ccc(C#Cc2cccc(F)c2)cc1.CCC(C)C(=O)Cl.CCC(C)C(=O)NCC(=O)c1ccc(C#Cc2cccc(F)c2)cc1.CCC(C)c1nnc(-c2ccc(C#Cc3cccc(F)c3)cc2)o1.NCC(=O)c1ccc(C#Cc2cccc(F)c2)cc1.NN.O.O=P(Cl)(Cl)Cl. The Labute approximate surface area is 606 Å². The number of carbonyl (C=O) groups is 5. The first-order chi connectivity index (χ1) is 47.7. The van der Waals surface area contributed by atoms with E-state index < -0.39 is 5.20 Å². The molecule has 3 atom stereocenters. The van der Waals surface area contributed by atoms with Gasteiger partial charge in [-0.1, -0.05) is 150 Å². The lowest BCUT2D eigenvalue weighted by Crippen LogP contribution is -2.33. The van der Waals surface area contributed by atoms with Gasteiger partial charge in [0.15, 0.2) is 17.3 Å². The van der Waals surface area contributed by atoms with Crippen molar-refractivity contribution >= 4 is 79.0 Å². The molecule has 0 aliphatic carbocycles. The number of carbonyl (C=O) groups excluding carboxylic acids is 5. The number of halogens is 8. The van der Waals surface area contributed by atoms with Gasteiger partial charge in [-0.15, -0.1) is 10.2 Å². The van der Waals surface area contributed by atoms with Crippen LogP contribution in [-0.4, -0.2) is 57.3 Å². The summed E-state index contributed by atoms with van der Waals surface area (Å²) in [6, 6.07) is 52.8. The van der Waals surface area contributed by atoms with Gasteiger partial charge in [0.1, 0.15) is 23.3 Å². The Morgan fingerprint density at radius 2 is 0.802 bits per heavy atom. The van der Waals surface area contributed by atoms with Crippen LogP contribution in [0, 0.1) is 82.5 Å². The number of Topliss-reactive ketones (excluding diaryl/α,β-unsaturated/α-hetero) is 3. The van der Waals surface area contributed by atoms with E-state index >= 15 is 0 Å². The second-order valence-corrected chi connectivity index (χ2v) is 28.3. The van der Waals surface area contributed by atoms with E-state index in [2.05, 4.69) is 122 Å². The Balaban J connectivity index is 0.000000431. The van der Waals surface area contributed by atoms with Crippen LogP contribution in [-0.2, 0) is 14.2 Å². The molecule has 0 aliphatic heterocycles. The maximum Gasteiger partial charge on any atom is 0.339 e. The quantitative estimate of drug-likeness (QED) is 0.0160. The highest BCUT2D eigenvalue weighted by atomic mass is 36.0. The van der Waals surface area contributed by atoms with Crippen molar-refractivity contribution in [3.8, 4) is 58.8 Å². The number of nitrogens with zero attached hydrogens (tertiary/aromatic N) is 2. The molecule has 9 rings (SSSR count). The number of hydrogen-bond donors (Lipinski definition) is 4. The molecule has 1 amide bonds. The van der Waals surface area contributed by atoms with Gasteiger partial charge < -0.3 is 20.9 Å². The largest absolute Gasteiger partial charge is 0.420 e. The molecule has 526 valence electrons. The molecule has 3 unspecified atom stereocenters. The van der Waals surface area contributed by atoms with Crippen molar-refractivity contribution in [2.75, 3.05) is 13.1 Å². The molecule has 1 heterocycles. The van der Waals surface area contributed by atoms with E-state index in [0.717, 1.165) is 47.1 Å². The van der Waals surface area contributed by atoms with Crippen molar-refractivity contribution in [3.05, 3.63) is 284 Å². The zero-order chi connectivity index (χ0) is 74.2. The summed E-state index contributed by atoms with van der Waals surface area (Å²) in [4.78, 5) is 56.4. The lowest BCUT2D eigenvalue weighted by atomic mass is 10.1. The van der Waals surface area contributed by atoms with Gasteiger partial charge in [-0.2, -0.15) is 0 Å². The van der Waals surface area contributed by atoms with Crippen LogP contribution in [0.25, 0.3) is 11.5 Å². The summed E-state index contributed by atoms with van der Waals surface area (Å²) in [7, 11) is 0. The first kappa shape index (κ1) is 87.3. The predicted molar refractivity (Wildman–Crippen MR) is 395 cm³/mol. The Bertz CT molecular complexity index is 4450. The average Bonchev–Trinajstić information content (AvgIpc) is 1.74. The van der Waals surface area contributed by atoms with Crippen molar-refractivity contribution in [1.29, 1.82) is 0 Å². The zero-order valence-electron chi connectivity index (χ0n) is 56.2.